The normalized spacial score (nSPS) is 23.2. The van der Waals surface area contributed by atoms with Crippen LogP contribution in [0.4, 0.5) is 5.69 Å². The molecular formula is C27H31N3O8S. The van der Waals surface area contributed by atoms with E-state index < -0.39 is 45.4 Å². The summed E-state index contributed by atoms with van der Waals surface area (Å²) in [5, 5.41) is 0. The first-order chi connectivity index (χ1) is 18.6. The van der Waals surface area contributed by atoms with Crippen molar-refractivity contribution in [1.82, 2.24) is 4.31 Å². The topological polar surface area (TPSA) is 132 Å². The van der Waals surface area contributed by atoms with E-state index in [1.54, 1.807) is 19.1 Å². The van der Waals surface area contributed by atoms with Gasteiger partial charge in [-0.3, -0.25) is 0 Å². The van der Waals surface area contributed by atoms with Crippen LogP contribution in [0.1, 0.15) is 38.7 Å². The van der Waals surface area contributed by atoms with Crippen LogP contribution in [0.2, 0.25) is 0 Å². The quantitative estimate of drug-likeness (QED) is 0.265. The van der Waals surface area contributed by atoms with Crippen LogP contribution >= 0.6 is 0 Å². The van der Waals surface area contributed by atoms with Crippen molar-refractivity contribution < 1.29 is 37.0 Å². The van der Waals surface area contributed by atoms with Crippen molar-refractivity contribution in [3.8, 4) is 11.8 Å². The Morgan fingerprint density at radius 3 is 2.41 bits per heavy atom. The first-order valence-corrected chi connectivity index (χ1v) is 14.1. The second-order valence-corrected chi connectivity index (χ2v) is 11.3. The third kappa shape index (κ3) is 4.25. The lowest BCUT2D eigenvalue weighted by Crippen LogP contribution is -2.56. The molecule has 3 atom stereocenters. The molecule has 1 saturated heterocycles. The van der Waals surface area contributed by atoms with Gasteiger partial charge in [0.2, 0.25) is 10.0 Å². The highest BCUT2D eigenvalue weighted by Crippen LogP contribution is 2.58. The van der Waals surface area contributed by atoms with Crippen LogP contribution in [0, 0.1) is 11.8 Å². The number of esters is 3. The minimum atomic E-state index is -4.11. The molecule has 0 aliphatic carbocycles. The largest absolute Gasteiger partial charge is 0.467 e. The minimum absolute atomic E-state index is 0.0357. The Morgan fingerprint density at radius 2 is 1.79 bits per heavy atom. The summed E-state index contributed by atoms with van der Waals surface area (Å²) in [5.41, 5.74) is -0.478. The molecule has 0 unspecified atom stereocenters. The number of sulfonamides is 1. The fourth-order valence-corrected chi connectivity index (χ4v) is 7.63. The highest BCUT2D eigenvalue weighted by atomic mass is 32.2. The summed E-state index contributed by atoms with van der Waals surface area (Å²) in [5.74, 6) is 3.03. The van der Waals surface area contributed by atoms with E-state index in [9.17, 15) is 22.8 Å². The van der Waals surface area contributed by atoms with Crippen LogP contribution in [0.25, 0.3) is 0 Å². The zero-order valence-corrected chi connectivity index (χ0v) is 23.3. The monoisotopic (exact) mass is 557 g/mol. The lowest BCUT2D eigenvalue weighted by molar-refractivity contribution is -0.144. The molecule has 1 aromatic rings. The number of rotatable bonds is 8. The average Bonchev–Trinajstić information content (AvgIpc) is 3.44. The molecule has 1 aromatic carbocycles. The highest BCUT2D eigenvalue weighted by Gasteiger charge is 2.68. The molecule has 4 rings (SSSR count). The molecular weight excluding hydrogens is 526 g/mol. The predicted octanol–water partition coefficient (Wildman–Crippen LogP) is 1.53. The fraction of sp³-hybridized carbons (Fsp3) is 0.481. The molecule has 3 heterocycles. The molecule has 0 bridgehead atoms. The van der Waals surface area contributed by atoms with Gasteiger partial charge in [-0.05, 0) is 31.4 Å². The van der Waals surface area contributed by atoms with Gasteiger partial charge < -0.3 is 19.1 Å². The van der Waals surface area contributed by atoms with Gasteiger partial charge in [0, 0.05) is 5.69 Å². The van der Waals surface area contributed by atoms with Crippen molar-refractivity contribution in [3.63, 3.8) is 0 Å². The number of carbonyl (C=O) groups excluding carboxylic acids is 3. The van der Waals surface area contributed by atoms with Gasteiger partial charge in [-0.2, -0.15) is 0 Å². The summed E-state index contributed by atoms with van der Waals surface area (Å²) < 4.78 is 43.8. The van der Waals surface area contributed by atoms with Gasteiger partial charge in [-0.15, -0.1) is 5.92 Å². The molecule has 1 fully saturated rings. The maximum absolute atomic E-state index is 13.8. The number of carbonyl (C=O) groups is 3. The Balaban J connectivity index is 2.14. The van der Waals surface area contributed by atoms with E-state index in [4.69, 9.17) is 14.2 Å². The van der Waals surface area contributed by atoms with Crippen molar-refractivity contribution in [3.05, 3.63) is 41.1 Å². The number of nitrogens with zero attached hydrogens (tertiary/aromatic N) is 3. The molecule has 0 N–H and O–H groups in total. The Hall–Kier alpha value is -3.85. The summed E-state index contributed by atoms with van der Waals surface area (Å²) >= 11 is 0. The number of unbranched alkanes of at least 4 members (excludes halogenated alkanes) is 1. The molecule has 39 heavy (non-hydrogen) atoms. The number of para-hydroxylation sites is 1. The number of hydrogen-bond acceptors (Lipinski definition) is 10. The molecule has 12 heteroatoms. The van der Waals surface area contributed by atoms with Crippen LogP contribution in [0.15, 0.2) is 40.5 Å². The van der Waals surface area contributed by atoms with E-state index in [1.165, 1.54) is 14.2 Å². The molecule has 0 saturated carbocycles. The second kappa shape index (κ2) is 10.7. The van der Waals surface area contributed by atoms with Gasteiger partial charge in [0.1, 0.15) is 11.9 Å². The van der Waals surface area contributed by atoms with Gasteiger partial charge in [-0.1, -0.05) is 37.5 Å². The Kier molecular flexibility index (Phi) is 7.75. The van der Waals surface area contributed by atoms with Crippen molar-refractivity contribution in [2.75, 3.05) is 38.5 Å². The molecule has 208 valence electrons. The third-order valence-corrected chi connectivity index (χ3v) is 9.20. The summed E-state index contributed by atoms with van der Waals surface area (Å²) in [7, 11) is -0.611. The SMILES string of the molecule is CC#CCN1c2ccccc2[C@]23C[C@@H](C(=O)OC)N(S(=O)(=O)CCCC)C2=NC(C(=O)OC)=C(C(=O)OC)[C@H]13. The van der Waals surface area contributed by atoms with Gasteiger partial charge in [-0.25, -0.2) is 32.1 Å². The van der Waals surface area contributed by atoms with E-state index >= 15 is 0 Å². The lowest BCUT2D eigenvalue weighted by Gasteiger charge is -2.40. The van der Waals surface area contributed by atoms with E-state index in [1.807, 2.05) is 24.0 Å². The van der Waals surface area contributed by atoms with Crippen LogP contribution in [-0.4, -0.2) is 82.2 Å². The Labute approximate surface area is 227 Å². The Morgan fingerprint density at radius 1 is 1.10 bits per heavy atom. The van der Waals surface area contributed by atoms with E-state index in [2.05, 4.69) is 16.8 Å². The third-order valence-electron chi connectivity index (χ3n) is 7.36. The lowest BCUT2D eigenvalue weighted by atomic mass is 9.69. The smallest absolute Gasteiger partial charge is 0.357 e. The number of anilines is 1. The van der Waals surface area contributed by atoms with Crippen molar-refractivity contribution in [1.29, 1.82) is 0 Å². The molecule has 0 amide bonds. The maximum Gasteiger partial charge on any atom is 0.357 e. The number of aliphatic imine (C=N–C) groups is 1. The summed E-state index contributed by atoms with van der Waals surface area (Å²) in [6.45, 7) is 3.68. The number of amidine groups is 1. The minimum Gasteiger partial charge on any atom is -0.467 e. The molecule has 3 aliphatic rings. The molecule has 11 nitrogen and oxygen atoms in total. The van der Waals surface area contributed by atoms with Crippen molar-refractivity contribution in [2.24, 2.45) is 4.99 Å². The fourth-order valence-electron chi connectivity index (χ4n) is 5.77. The number of fused-ring (bicyclic) bond motifs is 1. The number of benzene rings is 1. The first kappa shape index (κ1) is 28.2. The summed E-state index contributed by atoms with van der Waals surface area (Å²) in [6.07, 6.45) is 0.872. The van der Waals surface area contributed by atoms with Crippen molar-refractivity contribution >= 4 is 39.5 Å². The zero-order valence-electron chi connectivity index (χ0n) is 22.5. The molecule has 3 aliphatic heterocycles. The van der Waals surface area contributed by atoms with E-state index in [-0.39, 0.29) is 35.8 Å². The second-order valence-electron chi connectivity index (χ2n) is 9.34. The van der Waals surface area contributed by atoms with Crippen LogP contribution in [0.5, 0.6) is 0 Å². The van der Waals surface area contributed by atoms with Crippen LogP contribution < -0.4 is 4.90 Å². The van der Waals surface area contributed by atoms with Crippen LogP contribution in [0.3, 0.4) is 0 Å². The summed E-state index contributed by atoms with van der Waals surface area (Å²) in [6, 6.07) is 4.98. The van der Waals surface area contributed by atoms with Gasteiger partial charge in [0.15, 0.2) is 5.70 Å². The highest BCUT2D eigenvalue weighted by molar-refractivity contribution is 7.89. The summed E-state index contributed by atoms with van der Waals surface area (Å²) in [4.78, 5) is 45.9. The molecule has 0 radical (unpaired) electrons. The van der Waals surface area contributed by atoms with E-state index in [0.29, 0.717) is 24.1 Å². The molecule has 0 aromatic heterocycles. The van der Waals surface area contributed by atoms with Gasteiger partial charge >= 0.3 is 17.9 Å². The standard InChI is InChI=1S/C27H31N3O8S/c1-6-8-14-29-18-13-11-10-12-17(18)27-16-19(23(31)36-3)30(39(34,35)15-9-7-2)26(27)28-21(25(33)38-5)20(22(27)29)24(32)37-4/h10-13,19,22H,7,9,14-16H2,1-5H3/t19-,22-,27-/m0/s1. The maximum atomic E-state index is 13.8. The van der Waals surface area contributed by atoms with Gasteiger partial charge in [0.25, 0.3) is 0 Å². The average molecular weight is 558 g/mol. The zero-order chi connectivity index (χ0) is 28.5. The van der Waals surface area contributed by atoms with E-state index in [0.717, 1.165) is 11.4 Å². The predicted molar refractivity (Wildman–Crippen MR) is 142 cm³/mol. The van der Waals surface area contributed by atoms with Gasteiger partial charge in [0.05, 0.1) is 50.7 Å². The number of ether oxygens (including phenoxy) is 3. The van der Waals surface area contributed by atoms with Crippen LogP contribution in [-0.2, 0) is 44.0 Å². The Bertz CT molecular complexity index is 1440. The first-order valence-electron chi connectivity index (χ1n) is 12.5. The number of hydrogen-bond donors (Lipinski definition) is 0. The van der Waals surface area contributed by atoms with Crippen molar-refractivity contribution in [2.45, 2.75) is 50.6 Å². The molecule has 1 spiro atoms. The number of methoxy groups -OCH3 is 3.